The van der Waals surface area contributed by atoms with Crippen LogP contribution in [-0.4, -0.2) is 12.6 Å². The predicted molar refractivity (Wildman–Crippen MR) is 47.5 cm³/mol. The molecule has 0 aromatic rings. The van der Waals surface area contributed by atoms with Crippen LogP contribution in [0.4, 0.5) is 0 Å². The third-order valence-corrected chi connectivity index (χ3v) is 3.15. The number of hydrogen-bond donors (Lipinski definition) is 1. The average molecular weight is 153 g/mol. The molecular weight excluding hydrogens is 134 g/mol. The second-order valence-corrected chi connectivity index (χ2v) is 4.93. The van der Waals surface area contributed by atoms with Gasteiger partial charge in [0.25, 0.3) is 0 Å². The first kappa shape index (κ1) is 7.60. The van der Waals surface area contributed by atoms with Gasteiger partial charge >= 0.3 is 0 Å². The van der Waals surface area contributed by atoms with E-state index in [1.807, 2.05) is 0 Å². The third-order valence-electron chi connectivity index (χ3n) is 3.15. The maximum absolute atomic E-state index is 3.62. The summed E-state index contributed by atoms with van der Waals surface area (Å²) in [6, 6.07) is 0.834. The molecule has 0 aromatic carbocycles. The Labute approximate surface area is 69.6 Å². The van der Waals surface area contributed by atoms with Crippen LogP contribution in [0.3, 0.4) is 0 Å². The van der Waals surface area contributed by atoms with Crippen LogP contribution in [0.15, 0.2) is 0 Å². The lowest BCUT2D eigenvalue weighted by atomic mass is 10.2. The fourth-order valence-electron chi connectivity index (χ4n) is 1.68. The molecule has 2 rings (SSSR count). The second-order valence-electron chi connectivity index (χ2n) is 4.93. The zero-order valence-corrected chi connectivity index (χ0v) is 7.69. The van der Waals surface area contributed by atoms with Crippen LogP contribution in [0.25, 0.3) is 0 Å². The Morgan fingerprint density at radius 3 is 2.45 bits per heavy atom. The molecule has 0 heterocycles. The van der Waals surface area contributed by atoms with Crippen molar-refractivity contribution in [1.29, 1.82) is 0 Å². The van der Waals surface area contributed by atoms with Gasteiger partial charge in [-0.15, -0.1) is 0 Å². The van der Waals surface area contributed by atoms with Crippen LogP contribution in [0, 0.1) is 11.3 Å². The lowest BCUT2D eigenvalue weighted by molar-refractivity contribution is 0.524. The van der Waals surface area contributed by atoms with Crippen molar-refractivity contribution >= 4 is 0 Å². The normalized spacial score (nSPS) is 33.8. The van der Waals surface area contributed by atoms with Crippen LogP contribution in [0.1, 0.15) is 39.5 Å². The maximum Gasteiger partial charge on any atom is 0.0124 e. The van der Waals surface area contributed by atoms with E-state index < -0.39 is 0 Å². The lowest BCUT2D eigenvalue weighted by Crippen LogP contribution is -2.21. The van der Waals surface area contributed by atoms with Gasteiger partial charge in [0.1, 0.15) is 0 Å². The standard InChI is InChI=1S/C10H19N/c1-10(2)7-9(10)11-6-5-8-3-4-8/h8-9,11H,3-7H2,1-2H3. The van der Waals surface area contributed by atoms with Crippen LogP contribution in [0.2, 0.25) is 0 Å². The maximum atomic E-state index is 3.62. The summed E-state index contributed by atoms with van der Waals surface area (Å²) in [6.07, 6.45) is 5.80. The molecule has 0 spiro atoms. The molecule has 2 fully saturated rings. The molecule has 0 radical (unpaired) electrons. The first-order valence-corrected chi connectivity index (χ1v) is 4.92. The fourth-order valence-corrected chi connectivity index (χ4v) is 1.68. The van der Waals surface area contributed by atoms with E-state index in [2.05, 4.69) is 19.2 Å². The summed E-state index contributed by atoms with van der Waals surface area (Å²) in [4.78, 5) is 0. The van der Waals surface area contributed by atoms with E-state index >= 15 is 0 Å². The van der Waals surface area contributed by atoms with Crippen molar-refractivity contribution in [2.75, 3.05) is 6.54 Å². The Bertz CT molecular complexity index is 147. The largest absolute Gasteiger partial charge is 0.313 e. The van der Waals surface area contributed by atoms with Crippen molar-refractivity contribution in [1.82, 2.24) is 5.32 Å². The summed E-state index contributed by atoms with van der Waals surface area (Å²) < 4.78 is 0. The number of nitrogens with one attached hydrogen (secondary N) is 1. The van der Waals surface area contributed by atoms with E-state index in [9.17, 15) is 0 Å². The summed E-state index contributed by atoms with van der Waals surface area (Å²) in [7, 11) is 0. The van der Waals surface area contributed by atoms with E-state index in [4.69, 9.17) is 0 Å². The summed E-state index contributed by atoms with van der Waals surface area (Å²) in [5.41, 5.74) is 0.615. The van der Waals surface area contributed by atoms with Crippen molar-refractivity contribution in [3.63, 3.8) is 0 Å². The number of rotatable bonds is 4. The molecule has 1 nitrogen and oxygen atoms in total. The van der Waals surface area contributed by atoms with Crippen LogP contribution in [-0.2, 0) is 0 Å². The Morgan fingerprint density at radius 1 is 1.36 bits per heavy atom. The Morgan fingerprint density at radius 2 is 2.00 bits per heavy atom. The first-order chi connectivity index (χ1) is 5.18. The highest BCUT2D eigenvalue weighted by Gasteiger charge is 2.44. The van der Waals surface area contributed by atoms with Gasteiger partial charge in [-0.05, 0) is 30.7 Å². The smallest absolute Gasteiger partial charge is 0.0124 e. The van der Waals surface area contributed by atoms with Gasteiger partial charge in [-0.1, -0.05) is 26.7 Å². The summed E-state index contributed by atoms with van der Waals surface area (Å²) in [6.45, 7) is 5.96. The minimum Gasteiger partial charge on any atom is -0.313 e. The molecule has 1 N–H and O–H groups in total. The molecule has 11 heavy (non-hydrogen) atoms. The summed E-state index contributed by atoms with van der Waals surface area (Å²) >= 11 is 0. The highest BCUT2D eigenvalue weighted by Crippen LogP contribution is 2.44. The Balaban J connectivity index is 1.54. The molecule has 2 saturated carbocycles. The molecule has 0 aromatic heterocycles. The molecule has 0 bridgehead atoms. The predicted octanol–water partition coefficient (Wildman–Crippen LogP) is 2.17. The third kappa shape index (κ3) is 1.96. The Kier molecular flexibility index (Phi) is 1.71. The lowest BCUT2D eigenvalue weighted by Gasteiger charge is -2.04. The SMILES string of the molecule is CC1(C)CC1NCCC1CC1. The Hall–Kier alpha value is -0.0400. The van der Waals surface area contributed by atoms with Gasteiger partial charge in [0.2, 0.25) is 0 Å². The molecule has 0 saturated heterocycles. The molecule has 0 aliphatic heterocycles. The van der Waals surface area contributed by atoms with E-state index in [1.165, 1.54) is 32.2 Å². The van der Waals surface area contributed by atoms with E-state index in [-0.39, 0.29) is 0 Å². The molecule has 2 aliphatic rings. The second kappa shape index (κ2) is 2.48. The molecular formula is C10H19N. The van der Waals surface area contributed by atoms with E-state index in [0.29, 0.717) is 5.41 Å². The molecule has 64 valence electrons. The van der Waals surface area contributed by atoms with Gasteiger partial charge < -0.3 is 5.32 Å². The highest BCUT2D eigenvalue weighted by atomic mass is 15.0. The molecule has 1 atom stereocenters. The summed E-state index contributed by atoms with van der Waals surface area (Å²) in [5.74, 6) is 1.09. The van der Waals surface area contributed by atoms with Crippen molar-refractivity contribution in [3.8, 4) is 0 Å². The zero-order valence-electron chi connectivity index (χ0n) is 7.69. The van der Waals surface area contributed by atoms with Crippen molar-refractivity contribution in [2.45, 2.75) is 45.6 Å². The highest BCUT2D eigenvalue weighted by molar-refractivity contribution is 5.01. The fraction of sp³-hybridized carbons (Fsp3) is 1.00. The van der Waals surface area contributed by atoms with Crippen LogP contribution in [0.5, 0.6) is 0 Å². The van der Waals surface area contributed by atoms with Gasteiger partial charge in [0.05, 0.1) is 0 Å². The average Bonchev–Trinajstić information content (AvgIpc) is 2.75. The zero-order chi connectivity index (χ0) is 7.90. The van der Waals surface area contributed by atoms with Gasteiger partial charge in [-0.3, -0.25) is 0 Å². The van der Waals surface area contributed by atoms with Crippen molar-refractivity contribution < 1.29 is 0 Å². The first-order valence-electron chi connectivity index (χ1n) is 4.92. The van der Waals surface area contributed by atoms with E-state index in [0.717, 1.165) is 12.0 Å². The van der Waals surface area contributed by atoms with Crippen molar-refractivity contribution in [2.24, 2.45) is 11.3 Å². The van der Waals surface area contributed by atoms with Crippen LogP contribution >= 0.6 is 0 Å². The quantitative estimate of drug-likeness (QED) is 0.652. The van der Waals surface area contributed by atoms with Crippen LogP contribution < -0.4 is 5.32 Å². The van der Waals surface area contributed by atoms with Crippen molar-refractivity contribution in [3.05, 3.63) is 0 Å². The van der Waals surface area contributed by atoms with Gasteiger partial charge in [0.15, 0.2) is 0 Å². The van der Waals surface area contributed by atoms with Gasteiger partial charge in [0, 0.05) is 6.04 Å². The van der Waals surface area contributed by atoms with Gasteiger partial charge in [-0.2, -0.15) is 0 Å². The summed E-state index contributed by atoms with van der Waals surface area (Å²) in [5, 5.41) is 3.62. The van der Waals surface area contributed by atoms with E-state index in [1.54, 1.807) is 0 Å². The molecule has 1 unspecified atom stereocenters. The monoisotopic (exact) mass is 153 g/mol. The number of hydrogen-bond acceptors (Lipinski definition) is 1. The minimum absolute atomic E-state index is 0.615. The molecule has 2 aliphatic carbocycles. The van der Waals surface area contributed by atoms with Gasteiger partial charge in [-0.25, -0.2) is 0 Å². The molecule has 0 amide bonds. The molecule has 1 heteroatoms. The topological polar surface area (TPSA) is 12.0 Å². The minimum atomic E-state index is 0.615.